The van der Waals surface area contributed by atoms with E-state index in [9.17, 15) is 0 Å². The first-order valence-electron chi connectivity index (χ1n) is 9.18. The van der Waals surface area contributed by atoms with Crippen molar-refractivity contribution >= 4 is 11.6 Å². The molecular formula is C21H29N3O4. The highest BCUT2D eigenvalue weighted by Crippen LogP contribution is 2.30. The highest BCUT2D eigenvalue weighted by Gasteiger charge is 2.09. The molecule has 0 spiro atoms. The van der Waals surface area contributed by atoms with Crippen LogP contribution in [-0.2, 0) is 0 Å². The summed E-state index contributed by atoms with van der Waals surface area (Å²) in [7, 11) is 4.98. The van der Waals surface area contributed by atoms with Crippen molar-refractivity contribution in [3.63, 3.8) is 0 Å². The monoisotopic (exact) mass is 387 g/mol. The molecule has 0 fully saturated rings. The van der Waals surface area contributed by atoms with E-state index < -0.39 is 0 Å². The van der Waals surface area contributed by atoms with Crippen LogP contribution in [0.3, 0.4) is 0 Å². The molecule has 1 atom stereocenters. The zero-order valence-electron chi connectivity index (χ0n) is 17.1. The molecule has 0 heterocycles. The normalized spacial score (nSPS) is 12.1. The molecule has 0 aliphatic carbocycles. The predicted octanol–water partition coefficient (Wildman–Crippen LogP) is 3.56. The summed E-state index contributed by atoms with van der Waals surface area (Å²) in [6, 6.07) is 13.2. The fourth-order valence-corrected chi connectivity index (χ4v) is 2.50. The molecule has 0 aromatic heterocycles. The van der Waals surface area contributed by atoms with E-state index in [2.05, 4.69) is 15.6 Å². The van der Waals surface area contributed by atoms with Gasteiger partial charge in [0.1, 0.15) is 17.6 Å². The summed E-state index contributed by atoms with van der Waals surface area (Å²) in [4.78, 5) is 4.25. The number of methoxy groups -OCH3 is 2. The Morgan fingerprint density at radius 1 is 1.00 bits per heavy atom. The molecule has 7 nitrogen and oxygen atoms in total. The Hall–Kier alpha value is -3.09. The molecule has 0 aliphatic heterocycles. The van der Waals surface area contributed by atoms with Gasteiger partial charge in [-0.05, 0) is 50.2 Å². The molecule has 0 saturated carbocycles. The number of guanidine groups is 1. The van der Waals surface area contributed by atoms with Gasteiger partial charge in [0.2, 0.25) is 0 Å². The van der Waals surface area contributed by atoms with E-state index in [1.54, 1.807) is 21.3 Å². The Labute approximate surface area is 166 Å². The van der Waals surface area contributed by atoms with E-state index in [0.717, 1.165) is 17.2 Å². The molecule has 2 N–H and O–H groups in total. The van der Waals surface area contributed by atoms with Crippen molar-refractivity contribution < 1.29 is 18.9 Å². The largest absolute Gasteiger partial charge is 0.497 e. The Morgan fingerprint density at radius 3 is 2.32 bits per heavy atom. The van der Waals surface area contributed by atoms with Gasteiger partial charge in [-0.2, -0.15) is 0 Å². The van der Waals surface area contributed by atoms with Crippen LogP contribution in [0.2, 0.25) is 0 Å². The summed E-state index contributed by atoms with van der Waals surface area (Å²) >= 11 is 0. The van der Waals surface area contributed by atoms with Crippen molar-refractivity contribution in [2.45, 2.75) is 20.0 Å². The second-order valence-corrected chi connectivity index (χ2v) is 5.98. The molecule has 0 saturated heterocycles. The topological polar surface area (TPSA) is 73.3 Å². The smallest absolute Gasteiger partial charge is 0.195 e. The first-order valence-corrected chi connectivity index (χ1v) is 9.18. The standard InChI is InChI=1S/C21H29N3O4/c1-6-27-19-12-7-16(13-20(19)26-5)24-21(22-3)23-14-15(2)28-18-10-8-17(25-4)9-11-18/h7-13,15H,6,14H2,1-5H3,(H2,22,23,24). The Bertz CT molecular complexity index is 763. The van der Waals surface area contributed by atoms with E-state index in [0.29, 0.717) is 30.6 Å². The minimum atomic E-state index is -0.0539. The van der Waals surface area contributed by atoms with Gasteiger partial charge in [-0.15, -0.1) is 0 Å². The third-order valence-corrected chi connectivity index (χ3v) is 3.90. The van der Waals surface area contributed by atoms with E-state index in [1.165, 1.54) is 0 Å². The Morgan fingerprint density at radius 2 is 1.71 bits per heavy atom. The number of hydrogen-bond acceptors (Lipinski definition) is 5. The van der Waals surface area contributed by atoms with E-state index in [4.69, 9.17) is 18.9 Å². The van der Waals surface area contributed by atoms with Crippen molar-refractivity contribution in [2.24, 2.45) is 4.99 Å². The van der Waals surface area contributed by atoms with Gasteiger partial charge < -0.3 is 29.6 Å². The minimum Gasteiger partial charge on any atom is -0.497 e. The lowest BCUT2D eigenvalue weighted by Gasteiger charge is -2.18. The van der Waals surface area contributed by atoms with Crippen molar-refractivity contribution in [2.75, 3.05) is 39.7 Å². The summed E-state index contributed by atoms with van der Waals surface area (Å²) in [5, 5.41) is 6.49. The van der Waals surface area contributed by atoms with Gasteiger partial charge in [0, 0.05) is 18.8 Å². The SMILES string of the molecule is CCOc1ccc(NC(=NC)NCC(C)Oc2ccc(OC)cc2)cc1OC. The summed E-state index contributed by atoms with van der Waals surface area (Å²) in [5.41, 5.74) is 0.845. The molecule has 7 heteroatoms. The van der Waals surface area contributed by atoms with Crippen LogP contribution in [0.5, 0.6) is 23.0 Å². The Balaban J connectivity index is 1.89. The number of nitrogens with one attached hydrogen (secondary N) is 2. The fourth-order valence-electron chi connectivity index (χ4n) is 2.50. The molecule has 0 radical (unpaired) electrons. The van der Waals surface area contributed by atoms with E-state index in [-0.39, 0.29) is 6.10 Å². The van der Waals surface area contributed by atoms with Gasteiger partial charge in [0.25, 0.3) is 0 Å². The maximum atomic E-state index is 5.90. The molecule has 28 heavy (non-hydrogen) atoms. The molecule has 0 amide bonds. The zero-order chi connectivity index (χ0) is 20.4. The molecule has 152 valence electrons. The highest BCUT2D eigenvalue weighted by atomic mass is 16.5. The third kappa shape index (κ3) is 6.26. The lowest BCUT2D eigenvalue weighted by atomic mass is 10.2. The van der Waals surface area contributed by atoms with Crippen LogP contribution in [0.15, 0.2) is 47.5 Å². The van der Waals surface area contributed by atoms with Crippen LogP contribution < -0.4 is 29.6 Å². The van der Waals surface area contributed by atoms with Crippen LogP contribution in [0, 0.1) is 0 Å². The molecular weight excluding hydrogens is 358 g/mol. The zero-order valence-corrected chi connectivity index (χ0v) is 17.1. The van der Waals surface area contributed by atoms with Crippen molar-refractivity contribution in [3.8, 4) is 23.0 Å². The fraction of sp³-hybridized carbons (Fsp3) is 0.381. The van der Waals surface area contributed by atoms with Crippen LogP contribution in [0.4, 0.5) is 5.69 Å². The molecule has 2 rings (SSSR count). The van der Waals surface area contributed by atoms with Gasteiger partial charge in [-0.25, -0.2) is 0 Å². The molecule has 0 bridgehead atoms. The van der Waals surface area contributed by atoms with Gasteiger partial charge in [-0.1, -0.05) is 0 Å². The minimum absolute atomic E-state index is 0.0539. The quantitative estimate of drug-likeness (QED) is 0.506. The van der Waals surface area contributed by atoms with Crippen LogP contribution >= 0.6 is 0 Å². The number of nitrogens with zero attached hydrogens (tertiary/aromatic N) is 1. The number of aliphatic imine (C=N–C) groups is 1. The van der Waals surface area contributed by atoms with Crippen molar-refractivity contribution in [3.05, 3.63) is 42.5 Å². The summed E-state index contributed by atoms with van der Waals surface area (Å²) in [6.45, 7) is 5.09. The van der Waals surface area contributed by atoms with Gasteiger partial charge in [-0.3, -0.25) is 4.99 Å². The maximum Gasteiger partial charge on any atom is 0.195 e. The first kappa shape index (κ1) is 21.2. The van der Waals surface area contributed by atoms with Crippen molar-refractivity contribution in [1.82, 2.24) is 5.32 Å². The van der Waals surface area contributed by atoms with Crippen molar-refractivity contribution in [1.29, 1.82) is 0 Å². The first-order chi connectivity index (χ1) is 13.6. The molecule has 0 aliphatic rings. The van der Waals surface area contributed by atoms with E-state index >= 15 is 0 Å². The van der Waals surface area contributed by atoms with Gasteiger partial charge in [0.15, 0.2) is 17.5 Å². The number of hydrogen-bond donors (Lipinski definition) is 2. The molecule has 2 aromatic rings. The van der Waals surface area contributed by atoms with E-state index in [1.807, 2.05) is 56.3 Å². The number of ether oxygens (including phenoxy) is 4. The molecule has 1 unspecified atom stereocenters. The third-order valence-electron chi connectivity index (χ3n) is 3.90. The number of anilines is 1. The highest BCUT2D eigenvalue weighted by molar-refractivity contribution is 5.93. The molecule has 2 aromatic carbocycles. The summed E-state index contributed by atoms with van der Waals surface area (Å²) < 4.78 is 22.0. The average Bonchev–Trinajstić information content (AvgIpc) is 2.72. The number of rotatable bonds is 9. The number of benzene rings is 2. The van der Waals surface area contributed by atoms with Crippen LogP contribution in [0.25, 0.3) is 0 Å². The average molecular weight is 387 g/mol. The lowest BCUT2D eigenvalue weighted by molar-refractivity contribution is 0.224. The maximum absolute atomic E-state index is 5.90. The second-order valence-electron chi connectivity index (χ2n) is 5.98. The predicted molar refractivity (Wildman–Crippen MR) is 112 cm³/mol. The second kappa shape index (κ2) is 10.9. The van der Waals surface area contributed by atoms with Crippen LogP contribution in [-0.4, -0.2) is 46.5 Å². The van der Waals surface area contributed by atoms with Gasteiger partial charge >= 0.3 is 0 Å². The van der Waals surface area contributed by atoms with Crippen LogP contribution in [0.1, 0.15) is 13.8 Å². The van der Waals surface area contributed by atoms with Gasteiger partial charge in [0.05, 0.1) is 27.4 Å². The summed E-state index contributed by atoms with van der Waals surface area (Å²) in [5.74, 6) is 3.60. The Kier molecular flexibility index (Phi) is 8.27. The summed E-state index contributed by atoms with van der Waals surface area (Å²) in [6.07, 6.45) is -0.0539. The lowest BCUT2D eigenvalue weighted by Crippen LogP contribution is -2.37.